The minimum absolute atomic E-state index is 0.0255. The molecule has 0 saturated heterocycles. The molecule has 0 fully saturated rings. The van der Waals surface area contributed by atoms with Crippen molar-refractivity contribution in [3.8, 4) is 0 Å². The lowest BCUT2D eigenvalue weighted by Gasteiger charge is -2.23. The van der Waals surface area contributed by atoms with Gasteiger partial charge in [-0.1, -0.05) is 18.2 Å². The van der Waals surface area contributed by atoms with Crippen molar-refractivity contribution in [1.82, 2.24) is 25.3 Å². The lowest BCUT2D eigenvalue weighted by atomic mass is 10.1. The Morgan fingerprint density at radius 1 is 1.30 bits per heavy atom. The van der Waals surface area contributed by atoms with Crippen LogP contribution in [0, 0.1) is 11.6 Å². The molecule has 156 valence electrons. The first-order chi connectivity index (χ1) is 14.4. The molecule has 2 amide bonds. The summed E-state index contributed by atoms with van der Waals surface area (Å²) in [6.07, 6.45) is 3.55. The molecule has 0 bridgehead atoms. The second-order valence-electron chi connectivity index (χ2n) is 7.07. The van der Waals surface area contributed by atoms with Crippen molar-refractivity contribution < 1.29 is 18.4 Å². The van der Waals surface area contributed by atoms with Crippen molar-refractivity contribution in [3.63, 3.8) is 0 Å². The number of rotatable bonds is 4. The molecular weight excluding hydrogens is 394 g/mol. The van der Waals surface area contributed by atoms with Gasteiger partial charge in [0.2, 0.25) is 0 Å². The third kappa shape index (κ3) is 3.80. The minimum atomic E-state index is -0.846. The van der Waals surface area contributed by atoms with Gasteiger partial charge in [-0.3, -0.25) is 19.2 Å². The Kier molecular flexibility index (Phi) is 5.30. The van der Waals surface area contributed by atoms with Crippen LogP contribution in [0.4, 0.5) is 8.78 Å². The summed E-state index contributed by atoms with van der Waals surface area (Å²) in [6.45, 7) is 0.546. The average Bonchev–Trinajstić information content (AvgIpc) is 3.06. The second-order valence-corrected chi connectivity index (χ2v) is 7.07. The van der Waals surface area contributed by atoms with Crippen LogP contribution in [0.2, 0.25) is 0 Å². The predicted molar refractivity (Wildman–Crippen MR) is 104 cm³/mol. The molecule has 2 aliphatic heterocycles. The van der Waals surface area contributed by atoms with Gasteiger partial charge >= 0.3 is 0 Å². The maximum Gasteiger partial charge on any atom is 0.275 e. The zero-order chi connectivity index (χ0) is 21.3. The van der Waals surface area contributed by atoms with Crippen LogP contribution in [0.25, 0.3) is 0 Å². The smallest absolute Gasteiger partial charge is 0.275 e. The Bertz CT molecular complexity index is 1060. The Balaban J connectivity index is 1.48. The van der Waals surface area contributed by atoms with Crippen molar-refractivity contribution in [2.75, 3.05) is 13.6 Å². The number of nitrogens with one attached hydrogen (secondary N) is 2. The predicted octanol–water partition coefficient (Wildman–Crippen LogP) is 1.40. The van der Waals surface area contributed by atoms with Crippen LogP contribution in [0.3, 0.4) is 0 Å². The van der Waals surface area contributed by atoms with E-state index in [1.807, 2.05) is 0 Å². The topological polar surface area (TPSA) is 91.6 Å². The summed E-state index contributed by atoms with van der Waals surface area (Å²) in [7, 11) is 1.58. The fourth-order valence-electron chi connectivity index (χ4n) is 3.49. The first kappa shape index (κ1) is 19.7. The number of amides is 2. The number of hydrogen-bond donors (Lipinski definition) is 2. The molecule has 0 aliphatic carbocycles. The molecule has 3 heterocycles. The van der Waals surface area contributed by atoms with Crippen LogP contribution in [0.15, 0.2) is 47.0 Å². The van der Waals surface area contributed by atoms with Crippen LogP contribution in [-0.4, -0.2) is 52.3 Å². The summed E-state index contributed by atoms with van der Waals surface area (Å²) < 4.78 is 29.3. The molecule has 2 aromatic rings. The number of carbonyl (C=O) groups is 2. The van der Waals surface area contributed by atoms with E-state index < -0.39 is 29.3 Å². The number of aliphatic imine (C=N–C) groups is 1. The largest absolute Gasteiger partial charge is 0.380 e. The highest BCUT2D eigenvalue weighted by Crippen LogP contribution is 2.22. The molecular formula is C20H20F2N6O2. The van der Waals surface area contributed by atoms with Crippen LogP contribution in [-0.2, 0) is 11.3 Å². The Morgan fingerprint density at radius 2 is 2.10 bits per heavy atom. The maximum atomic E-state index is 14.3. The number of likely N-dealkylation sites (N-methyl/N-ethyl adjacent to an activating group) is 1. The summed E-state index contributed by atoms with van der Waals surface area (Å²) in [5, 5.41) is 9.69. The summed E-state index contributed by atoms with van der Waals surface area (Å²) in [5.41, 5.74) is 0.697. The third-order valence-corrected chi connectivity index (χ3v) is 5.05. The van der Waals surface area contributed by atoms with Crippen LogP contribution < -0.4 is 10.6 Å². The summed E-state index contributed by atoms with van der Waals surface area (Å²) >= 11 is 0. The van der Waals surface area contributed by atoms with E-state index in [4.69, 9.17) is 0 Å². The molecule has 1 atom stereocenters. The van der Waals surface area contributed by atoms with Crippen molar-refractivity contribution in [1.29, 1.82) is 0 Å². The molecule has 30 heavy (non-hydrogen) atoms. The lowest BCUT2D eigenvalue weighted by Crippen LogP contribution is -2.46. The number of benzene rings is 1. The highest BCUT2D eigenvalue weighted by Gasteiger charge is 2.32. The molecule has 4 rings (SSSR count). The molecule has 0 radical (unpaired) electrons. The van der Waals surface area contributed by atoms with Crippen molar-refractivity contribution in [3.05, 3.63) is 64.9 Å². The van der Waals surface area contributed by atoms with Gasteiger partial charge < -0.3 is 10.6 Å². The van der Waals surface area contributed by atoms with E-state index in [2.05, 4.69) is 20.7 Å². The average molecular weight is 414 g/mol. The number of halogens is 2. The van der Waals surface area contributed by atoms with E-state index >= 15 is 0 Å². The first-order valence-electron chi connectivity index (χ1n) is 9.48. The van der Waals surface area contributed by atoms with Gasteiger partial charge in [0, 0.05) is 18.8 Å². The molecule has 0 spiro atoms. The van der Waals surface area contributed by atoms with Gasteiger partial charge in [-0.15, -0.1) is 0 Å². The number of allylic oxidation sites excluding steroid dienone is 1. The fraction of sp³-hybridized carbons (Fsp3) is 0.300. The van der Waals surface area contributed by atoms with Crippen LogP contribution >= 0.6 is 0 Å². The van der Waals surface area contributed by atoms with Crippen molar-refractivity contribution in [2.24, 2.45) is 4.99 Å². The number of carbonyl (C=O) groups excluding carboxylic acids is 2. The van der Waals surface area contributed by atoms with Crippen LogP contribution in [0.1, 0.15) is 28.9 Å². The summed E-state index contributed by atoms with van der Waals surface area (Å²) in [4.78, 5) is 31.0. The molecule has 1 aromatic carbocycles. The zero-order valence-corrected chi connectivity index (χ0v) is 16.2. The monoisotopic (exact) mass is 414 g/mol. The van der Waals surface area contributed by atoms with Gasteiger partial charge in [0.25, 0.3) is 11.8 Å². The maximum absolute atomic E-state index is 14.3. The Morgan fingerprint density at radius 3 is 2.90 bits per heavy atom. The minimum Gasteiger partial charge on any atom is -0.380 e. The van der Waals surface area contributed by atoms with Crippen molar-refractivity contribution in [2.45, 2.75) is 25.4 Å². The Labute approximate surface area is 171 Å². The molecule has 2 aliphatic rings. The van der Waals surface area contributed by atoms with E-state index in [-0.39, 0.29) is 12.5 Å². The van der Waals surface area contributed by atoms with Crippen molar-refractivity contribution >= 4 is 18.0 Å². The van der Waals surface area contributed by atoms with E-state index in [1.54, 1.807) is 31.5 Å². The normalized spacial score (nSPS) is 18.7. The lowest BCUT2D eigenvalue weighted by molar-refractivity contribution is -0.130. The molecule has 10 heteroatoms. The third-order valence-electron chi connectivity index (χ3n) is 5.05. The number of nitrogens with zero attached hydrogens (tertiary/aromatic N) is 4. The Hall–Kier alpha value is -3.56. The number of aromatic nitrogens is 2. The van der Waals surface area contributed by atoms with Gasteiger partial charge in [-0.2, -0.15) is 5.10 Å². The molecule has 0 saturated carbocycles. The second kappa shape index (κ2) is 8.05. The van der Waals surface area contributed by atoms with E-state index in [1.165, 1.54) is 11.0 Å². The summed E-state index contributed by atoms with van der Waals surface area (Å²) in [6, 6.07) is 5.22. The first-order valence-corrected chi connectivity index (χ1v) is 9.48. The van der Waals surface area contributed by atoms with Gasteiger partial charge in [-0.05, 0) is 18.9 Å². The summed E-state index contributed by atoms with van der Waals surface area (Å²) in [5.74, 6) is -1.92. The fourth-order valence-corrected chi connectivity index (χ4v) is 3.49. The van der Waals surface area contributed by atoms with E-state index in [0.717, 1.165) is 16.6 Å². The van der Waals surface area contributed by atoms with Gasteiger partial charge in [0.05, 0.1) is 25.0 Å². The van der Waals surface area contributed by atoms with Gasteiger partial charge in [-0.25, -0.2) is 13.8 Å². The highest BCUT2D eigenvalue weighted by atomic mass is 19.1. The molecule has 2 N–H and O–H groups in total. The molecule has 1 unspecified atom stereocenters. The standard InChI is InChI=1S/C20H20F2N6O2/c1-27-18-15(23-8-9-24-18)6-7-16(20(27)30)25-19(29)17-14(22)11-28(26-17)10-12-4-2-3-5-13(12)21/h2-5,9,11,16,23H,6-8,10H2,1H3,(H,25,29). The molecule has 1 aromatic heterocycles. The highest BCUT2D eigenvalue weighted by molar-refractivity contribution is 5.96. The van der Waals surface area contributed by atoms with E-state index in [0.29, 0.717) is 30.8 Å². The van der Waals surface area contributed by atoms with Gasteiger partial charge in [0.15, 0.2) is 17.3 Å². The molecule has 8 nitrogen and oxygen atoms in total. The van der Waals surface area contributed by atoms with Crippen LogP contribution in [0.5, 0.6) is 0 Å². The SMILES string of the molecule is CN1C(=O)C(NC(=O)c2nn(Cc3ccccc3F)cc2F)CCC2=C1N=CCN2. The van der Waals surface area contributed by atoms with Gasteiger partial charge in [0.1, 0.15) is 11.9 Å². The zero-order valence-electron chi connectivity index (χ0n) is 16.2. The number of hydrogen-bond acceptors (Lipinski definition) is 5. The van der Waals surface area contributed by atoms with E-state index in [9.17, 15) is 18.4 Å². The quantitative estimate of drug-likeness (QED) is 0.791.